The Labute approximate surface area is 185 Å². The first kappa shape index (κ1) is 20.7. The van der Waals surface area contributed by atoms with Crippen molar-refractivity contribution < 1.29 is 14.3 Å². The van der Waals surface area contributed by atoms with Crippen LogP contribution in [0.25, 0.3) is 0 Å². The number of benzene rings is 4. The van der Waals surface area contributed by atoms with Gasteiger partial charge in [-0.15, -0.1) is 0 Å². The number of anilines is 3. The second-order valence-corrected chi connectivity index (χ2v) is 7.05. The molecule has 4 rings (SSSR count). The number of ether oxygens (including phenoxy) is 1. The van der Waals surface area contributed by atoms with Gasteiger partial charge in [-0.25, -0.2) is 0 Å². The number of nitrogen functional groups attached to an aromatic ring is 1. The highest BCUT2D eigenvalue weighted by atomic mass is 16.5. The molecule has 0 atom stereocenters. The lowest BCUT2D eigenvalue weighted by molar-refractivity contribution is 0.102. The Morgan fingerprint density at radius 3 is 1.53 bits per heavy atom. The average molecular weight is 423 g/mol. The second kappa shape index (κ2) is 9.49. The van der Waals surface area contributed by atoms with Crippen LogP contribution < -0.4 is 21.1 Å². The van der Waals surface area contributed by atoms with Crippen LogP contribution in [0, 0.1) is 0 Å². The zero-order valence-electron chi connectivity index (χ0n) is 17.1. The zero-order chi connectivity index (χ0) is 22.3. The van der Waals surface area contributed by atoms with E-state index < -0.39 is 0 Å². The van der Waals surface area contributed by atoms with Gasteiger partial charge in [0.05, 0.1) is 0 Å². The Kier molecular flexibility index (Phi) is 6.13. The number of hydrogen-bond donors (Lipinski definition) is 3. The van der Waals surface area contributed by atoms with Crippen LogP contribution in [0.4, 0.5) is 17.1 Å². The predicted molar refractivity (Wildman–Crippen MR) is 126 cm³/mol. The maximum Gasteiger partial charge on any atom is 0.255 e. The Bertz CT molecular complexity index is 1200. The van der Waals surface area contributed by atoms with Crippen molar-refractivity contribution in [3.8, 4) is 11.5 Å². The summed E-state index contributed by atoms with van der Waals surface area (Å²) >= 11 is 0. The first-order valence-electron chi connectivity index (χ1n) is 9.98. The summed E-state index contributed by atoms with van der Waals surface area (Å²) in [7, 11) is 0. The SMILES string of the molecule is Nc1ccc(C(=O)Nc2ccc(C(=O)Nc3ccc(Oc4ccccc4)cc3)cc2)cc1. The van der Waals surface area contributed by atoms with Crippen LogP contribution >= 0.6 is 0 Å². The number of carbonyl (C=O) groups is 2. The summed E-state index contributed by atoms with van der Waals surface area (Å²) in [6, 6.07) is 29.9. The Hall–Kier alpha value is -4.58. The van der Waals surface area contributed by atoms with Crippen LogP contribution in [-0.2, 0) is 0 Å². The summed E-state index contributed by atoms with van der Waals surface area (Å²) in [5.74, 6) is 0.918. The quantitative estimate of drug-likeness (QED) is 0.354. The van der Waals surface area contributed by atoms with Gasteiger partial charge in [0.2, 0.25) is 0 Å². The van der Waals surface area contributed by atoms with Crippen LogP contribution in [0.1, 0.15) is 20.7 Å². The van der Waals surface area contributed by atoms with Gasteiger partial charge >= 0.3 is 0 Å². The van der Waals surface area contributed by atoms with Gasteiger partial charge in [0.15, 0.2) is 0 Å². The van der Waals surface area contributed by atoms with Gasteiger partial charge in [-0.05, 0) is 84.9 Å². The first-order valence-corrected chi connectivity index (χ1v) is 9.98. The number of carbonyl (C=O) groups excluding carboxylic acids is 2. The molecule has 0 unspecified atom stereocenters. The molecule has 158 valence electrons. The number of hydrogen-bond acceptors (Lipinski definition) is 4. The molecule has 4 aromatic carbocycles. The van der Waals surface area contributed by atoms with Crippen LogP contribution in [-0.4, -0.2) is 11.8 Å². The molecule has 0 heterocycles. The normalized spacial score (nSPS) is 10.2. The van der Waals surface area contributed by atoms with E-state index >= 15 is 0 Å². The van der Waals surface area contributed by atoms with Crippen molar-refractivity contribution in [3.05, 3.63) is 114 Å². The van der Waals surface area contributed by atoms with E-state index in [2.05, 4.69) is 10.6 Å². The Balaban J connectivity index is 1.34. The lowest BCUT2D eigenvalue weighted by Crippen LogP contribution is -2.13. The largest absolute Gasteiger partial charge is 0.457 e. The summed E-state index contributed by atoms with van der Waals surface area (Å²) in [6.07, 6.45) is 0. The third-order valence-electron chi connectivity index (χ3n) is 4.67. The molecule has 0 bridgehead atoms. The molecule has 0 radical (unpaired) electrons. The Morgan fingerprint density at radius 1 is 0.562 bits per heavy atom. The Morgan fingerprint density at radius 2 is 1.00 bits per heavy atom. The van der Waals surface area contributed by atoms with Crippen molar-refractivity contribution in [2.45, 2.75) is 0 Å². The third kappa shape index (κ3) is 5.31. The van der Waals surface area contributed by atoms with Crippen LogP contribution in [0.2, 0.25) is 0 Å². The van der Waals surface area contributed by atoms with Crippen molar-refractivity contribution in [2.24, 2.45) is 0 Å². The first-order chi connectivity index (χ1) is 15.6. The fourth-order valence-corrected chi connectivity index (χ4v) is 2.98. The van der Waals surface area contributed by atoms with E-state index in [1.54, 1.807) is 72.8 Å². The van der Waals surface area contributed by atoms with E-state index in [0.29, 0.717) is 33.9 Å². The van der Waals surface area contributed by atoms with E-state index in [-0.39, 0.29) is 11.8 Å². The second-order valence-electron chi connectivity index (χ2n) is 7.05. The van der Waals surface area contributed by atoms with E-state index in [9.17, 15) is 9.59 Å². The molecular formula is C26H21N3O3. The number of amides is 2. The van der Waals surface area contributed by atoms with Crippen molar-refractivity contribution in [3.63, 3.8) is 0 Å². The van der Waals surface area contributed by atoms with E-state index in [1.807, 2.05) is 30.3 Å². The molecule has 0 aromatic heterocycles. The molecule has 6 heteroatoms. The topological polar surface area (TPSA) is 93.5 Å². The summed E-state index contributed by atoms with van der Waals surface area (Å²) in [4.78, 5) is 24.8. The molecule has 0 saturated heterocycles. The molecule has 4 N–H and O–H groups in total. The molecule has 32 heavy (non-hydrogen) atoms. The molecule has 0 aliphatic heterocycles. The summed E-state index contributed by atoms with van der Waals surface area (Å²) in [6.45, 7) is 0. The molecule has 0 aliphatic rings. The minimum absolute atomic E-state index is 0.250. The predicted octanol–water partition coefficient (Wildman–Crippen LogP) is 5.57. The number of rotatable bonds is 6. The van der Waals surface area contributed by atoms with Crippen LogP contribution in [0.5, 0.6) is 11.5 Å². The van der Waals surface area contributed by atoms with Gasteiger partial charge in [-0.1, -0.05) is 18.2 Å². The molecule has 0 aliphatic carbocycles. The molecule has 0 fully saturated rings. The van der Waals surface area contributed by atoms with Gasteiger partial charge in [-0.3, -0.25) is 9.59 Å². The van der Waals surface area contributed by atoms with E-state index in [1.165, 1.54) is 0 Å². The number of nitrogens with two attached hydrogens (primary N) is 1. The fourth-order valence-electron chi connectivity index (χ4n) is 2.98. The van der Waals surface area contributed by atoms with Gasteiger partial charge in [0, 0.05) is 28.2 Å². The van der Waals surface area contributed by atoms with Crippen LogP contribution in [0.3, 0.4) is 0 Å². The zero-order valence-corrected chi connectivity index (χ0v) is 17.1. The summed E-state index contributed by atoms with van der Waals surface area (Å²) in [5.41, 5.74) is 8.45. The van der Waals surface area contributed by atoms with Gasteiger partial charge in [0.25, 0.3) is 11.8 Å². The number of nitrogens with one attached hydrogen (secondary N) is 2. The highest BCUT2D eigenvalue weighted by molar-refractivity contribution is 6.06. The van der Waals surface area contributed by atoms with Gasteiger partial charge in [-0.2, -0.15) is 0 Å². The molecule has 4 aromatic rings. The van der Waals surface area contributed by atoms with Crippen molar-refractivity contribution in [2.75, 3.05) is 16.4 Å². The fraction of sp³-hybridized carbons (Fsp3) is 0. The van der Waals surface area contributed by atoms with Crippen molar-refractivity contribution in [1.82, 2.24) is 0 Å². The molecule has 0 saturated carbocycles. The standard InChI is InChI=1S/C26H21N3O3/c27-20-10-6-18(7-11-20)25(30)28-21-12-8-19(9-13-21)26(31)29-22-14-16-24(17-15-22)32-23-4-2-1-3-5-23/h1-17H,27H2,(H,28,30)(H,29,31). The molecular weight excluding hydrogens is 402 g/mol. The maximum atomic E-state index is 12.5. The third-order valence-corrected chi connectivity index (χ3v) is 4.67. The highest BCUT2D eigenvalue weighted by Crippen LogP contribution is 2.23. The lowest BCUT2D eigenvalue weighted by Gasteiger charge is -2.09. The minimum atomic E-state index is -0.252. The highest BCUT2D eigenvalue weighted by Gasteiger charge is 2.09. The van der Waals surface area contributed by atoms with Crippen molar-refractivity contribution in [1.29, 1.82) is 0 Å². The minimum Gasteiger partial charge on any atom is -0.457 e. The van der Waals surface area contributed by atoms with Gasteiger partial charge < -0.3 is 21.1 Å². The summed E-state index contributed by atoms with van der Waals surface area (Å²) in [5, 5.41) is 5.64. The maximum absolute atomic E-state index is 12.5. The molecule has 0 spiro atoms. The monoisotopic (exact) mass is 423 g/mol. The number of para-hydroxylation sites is 1. The summed E-state index contributed by atoms with van der Waals surface area (Å²) < 4.78 is 5.75. The van der Waals surface area contributed by atoms with Crippen LogP contribution in [0.15, 0.2) is 103 Å². The van der Waals surface area contributed by atoms with E-state index in [0.717, 1.165) is 5.75 Å². The smallest absolute Gasteiger partial charge is 0.255 e. The average Bonchev–Trinajstić information content (AvgIpc) is 2.82. The molecule has 6 nitrogen and oxygen atoms in total. The van der Waals surface area contributed by atoms with Gasteiger partial charge in [0.1, 0.15) is 11.5 Å². The lowest BCUT2D eigenvalue weighted by atomic mass is 10.1. The van der Waals surface area contributed by atoms with E-state index in [4.69, 9.17) is 10.5 Å². The molecule has 2 amide bonds. The van der Waals surface area contributed by atoms with Crippen molar-refractivity contribution >= 4 is 28.9 Å².